The van der Waals surface area contributed by atoms with Crippen molar-refractivity contribution in [3.8, 4) is 11.5 Å². The van der Waals surface area contributed by atoms with Gasteiger partial charge in [0.1, 0.15) is 11.5 Å². The van der Waals surface area contributed by atoms with Gasteiger partial charge in [-0.1, -0.05) is 28.1 Å². The van der Waals surface area contributed by atoms with Crippen molar-refractivity contribution in [3.63, 3.8) is 0 Å². The zero-order valence-electron chi connectivity index (χ0n) is 15.2. The summed E-state index contributed by atoms with van der Waals surface area (Å²) in [6.07, 6.45) is 1.43. The predicted molar refractivity (Wildman–Crippen MR) is 112 cm³/mol. The fourth-order valence-electron chi connectivity index (χ4n) is 2.86. The second-order valence-electron chi connectivity index (χ2n) is 6.35. The monoisotopic (exact) mass is 465 g/mol. The second kappa shape index (κ2) is 7.92. The number of fused-ring (bicyclic) bond motifs is 1. The summed E-state index contributed by atoms with van der Waals surface area (Å²) in [7, 11) is 0. The Bertz CT molecular complexity index is 1220. The van der Waals surface area contributed by atoms with Gasteiger partial charge in [0.25, 0.3) is 5.69 Å². The van der Waals surface area contributed by atoms with Crippen molar-refractivity contribution in [2.45, 2.75) is 0 Å². The summed E-state index contributed by atoms with van der Waals surface area (Å²) < 4.78 is 11.8. The van der Waals surface area contributed by atoms with E-state index in [4.69, 9.17) is 9.47 Å². The molecule has 8 heteroatoms. The zero-order chi connectivity index (χ0) is 21.3. The average Bonchev–Trinajstić information content (AvgIpc) is 3.03. The molecule has 0 spiro atoms. The van der Waals surface area contributed by atoms with E-state index in [-0.39, 0.29) is 28.7 Å². The first-order valence-corrected chi connectivity index (χ1v) is 9.50. The molecule has 0 atom stereocenters. The average molecular weight is 466 g/mol. The van der Waals surface area contributed by atoms with E-state index in [1.165, 1.54) is 42.5 Å². The summed E-state index contributed by atoms with van der Waals surface area (Å²) in [4.78, 5) is 35.2. The molecule has 0 aliphatic carbocycles. The molecule has 30 heavy (non-hydrogen) atoms. The van der Waals surface area contributed by atoms with Gasteiger partial charge >= 0.3 is 5.97 Å². The number of carbonyl (C=O) groups is 2. The highest BCUT2D eigenvalue weighted by Gasteiger charge is 2.28. The molecule has 1 heterocycles. The number of hydrogen-bond donors (Lipinski definition) is 0. The SMILES string of the molecule is O=C(Oc1ccc2c(c1)OC(=Cc1cccc([N+](=O)[O-])c1)C2=O)c1ccc(Br)cc1. The highest BCUT2D eigenvalue weighted by Crippen LogP contribution is 2.35. The predicted octanol–water partition coefficient (Wildman–Crippen LogP) is 5.19. The lowest BCUT2D eigenvalue weighted by molar-refractivity contribution is -0.384. The van der Waals surface area contributed by atoms with E-state index < -0.39 is 10.9 Å². The van der Waals surface area contributed by atoms with E-state index in [2.05, 4.69) is 15.9 Å². The van der Waals surface area contributed by atoms with E-state index in [1.807, 2.05) is 0 Å². The van der Waals surface area contributed by atoms with E-state index >= 15 is 0 Å². The Morgan fingerprint density at radius 3 is 2.57 bits per heavy atom. The first-order valence-electron chi connectivity index (χ1n) is 8.71. The van der Waals surface area contributed by atoms with Crippen LogP contribution in [-0.2, 0) is 0 Å². The maximum Gasteiger partial charge on any atom is 0.343 e. The largest absolute Gasteiger partial charge is 0.452 e. The maximum absolute atomic E-state index is 12.6. The Labute approximate surface area is 178 Å². The quantitative estimate of drug-likeness (QED) is 0.173. The number of nitrogens with zero attached hydrogens (tertiary/aromatic N) is 1. The Morgan fingerprint density at radius 2 is 1.83 bits per heavy atom. The van der Waals surface area contributed by atoms with E-state index in [0.29, 0.717) is 16.7 Å². The Hall–Kier alpha value is -3.78. The molecule has 0 fully saturated rings. The molecule has 1 aliphatic rings. The van der Waals surface area contributed by atoms with Gasteiger partial charge in [-0.05, 0) is 48.0 Å². The smallest absolute Gasteiger partial charge is 0.343 e. The fourth-order valence-corrected chi connectivity index (χ4v) is 3.13. The van der Waals surface area contributed by atoms with Crippen LogP contribution >= 0.6 is 15.9 Å². The molecule has 0 amide bonds. The summed E-state index contributed by atoms with van der Waals surface area (Å²) in [5.74, 6) is -0.396. The number of Topliss-reactive ketones (excluding diaryl/α,β-unsaturated/α-hetero) is 1. The molecule has 4 rings (SSSR count). The first kappa shape index (κ1) is 19.5. The van der Waals surface area contributed by atoms with Crippen LogP contribution in [0.3, 0.4) is 0 Å². The lowest BCUT2D eigenvalue weighted by atomic mass is 10.1. The van der Waals surface area contributed by atoms with Gasteiger partial charge < -0.3 is 9.47 Å². The minimum Gasteiger partial charge on any atom is -0.452 e. The summed E-state index contributed by atoms with van der Waals surface area (Å²) in [5, 5.41) is 10.9. The minimum absolute atomic E-state index is 0.0295. The Morgan fingerprint density at radius 1 is 1.07 bits per heavy atom. The number of nitro benzene ring substituents is 1. The Kier molecular flexibility index (Phi) is 5.16. The van der Waals surface area contributed by atoms with Crippen LogP contribution in [0.5, 0.6) is 11.5 Å². The first-order chi connectivity index (χ1) is 14.4. The van der Waals surface area contributed by atoms with Crippen molar-refractivity contribution in [3.05, 3.63) is 104 Å². The number of nitro groups is 1. The fraction of sp³-hybridized carbons (Fsp3) is 0. The summed E-state index contributed by atoms with van der Waals surface area (Å²) in [5.41, 5.74) is 1.06. The lowest BCUT2D eigenvalue weighted by Crippen LogP contribution is -2.08. The molecule has 0 saturated carbocycles. The number of non-ortho nitro benzene ring substituents is 1. The standard InChI is InChI=1S/C22H12BrNO6/c23-15-6-4-14(5-7-15)22(26)29-17-8-9-18-19(12-17)30-20(21(18)25)11-13-2-1-3-16(10-13)24(27)28/h1-12H. The van der Waals surface area contributed by atoms with Crippen LogP contribution < -0.4 is 9.47 Å². The lowest BCUT2D eigenvalue weighted by Gasteiger charge is -2.06. The van der Waals surface area contributed by atoms with Gasteiger partial charge in [0.15, 0.2) is 5.76 Å². The number of allylic oxidation sites excluding steroid dienone is 1. The molecule has 0 radical (unpaired) electrons. The van der Waals surface area contributed by atoms with E-state index in [9.17, 15) is 19.7 Å². The normalized spacial score (nSPS) is 13.6. The van der Waals surface area contributed by atoms with Gasteiger partial charge in [-0.3, -0.25) is 14.9 Å². The van der Waals surface area contributed by atoms with Gasteiger partial charge in [-0.2, -0.15) is 0 Å². The van der Waals surface area contributed by atoms with Crippen LogP contribution in [0, 0.1) is 10.1 Å². The van der Waals surface area contributed by atoms with Crippen LogP contribution in [-0.4, -0.2) is 16.7 Å². The van der Waals surface area contributed by atoms with Crippen molar-refractivity contribution in [1.29, 1.82) is 0 Å². The van der Waals surface area contributed by atoms with Gasteiger partial charge in [-0.15, -0.1) is 0 Å². The van der Waals surface area contributed by atoms with Crippen molar-refractivity contribution in [2.75, 3.05) is 0 Å². The van der Waals surface area contributed by atoms with Gasteiger partial charge in [0.05, 0.1) is 16.1 Å². The second-order valence-corrected chi connectivity index (χ2v) is 7.26. The highest BCUT2D eigenvalue weighted by molar-refractivity contribution is 9.10. The molecular weight excluding hydrogens is 454 g/mol. The number of esters is 1. The molecule has 7 nitrogen and oxygen atoms in total. The van der Waals surface area contributed by atoms with Gasteiger partial charge in [-0.25, -0.2) is 4.79 Å². The van der Waals surface area contributed by atoms with Crippen LogP contribution in [0.4, 0.5) is 5.69 Å². The topological polar surface area (TPSA) is 95.7 Å². The third kappa shape index (κ3) is 3.99. The van der Waals surface area contributed by atoms with Gasteiger partial charge in [0.2, 0.25) is 5.78 Å². The third-order valence-electron chi connectivity index (χ3n) is 4.31. The molecule has 0 saturated heterocycles. The van der Waals surface area contributed by atoms with E-state index in [0.717, 1.165) is 4.47 Å². The summed E-state index contributed by atoms with van der Waals surface area (Å²) >= 11 is 3.30. The maximum atomic E-state index is 12.6. The number of ketones is 1. The molecular formula is C22H12BrNO6. The molecule has 3 aromatic rings. The molecule has 0 bridgehead atoms. The van der Waals surface area contributed by atoms with Crippen LogP contribution in [0.1, 0.15) is 26.3 Å². The van der Waals surface area contributed by atoms with E-state index in [1.54, 1.807) is 30.3 Å². The summed E-state index contributed by atoms with van der Waals surface area (Å²) in [6, 6.07) is 17.0. The highest BCUT2D eigenvalue weighted by atomic mass is 79.9. The summed E-state index contributed by atoms with van der Waals surface area (Å²) in [6.45, 7) is 0. The molecule has 0 aromatic heterocycles. The minimum atomic E-state index is -0.542. The van der Waals surface area contributed by atoms with Crippen molar-refractivity contribution in [1.82, 2.24) is 0 Å². The van der Waals surface area contributed by atoms with Gasteiger partial charge in [0, 0.05) is 22.7 Å². The van der Waals surface area contributed by atoms with Crippen molar-refractivity contribution < 1.29 is 24.0 Å². The van der Waals surface area contributed by atoms with Crippen LogP contribution in [0.25, 0.3) is 6.08 Å². The number of hydrogen-bond acceptors (Lipinski definition) is 6. The molecule has 1 aliphatic heterocycles. The van der Waals surface area contributed by atoms with Crippen LogP contribution in [0.2, 0.25) is 0 Å². The van der Waals surface area contributed by atoms with Crippen molar-refractivity contribution in [2.24, 2.45) is 0 Å². The molecule has 0 unspecified atom stereocenters. The number of ether oxygens (including phenoxy) is 2. The zero-order valence-corrected chi connectivity index (χ0v) is 16.8. The number of carbonyl (C=O) groups excluding carboxylic acids is 2. The molecule has 0 N–H and O–H groups in total. The van der Waals surface area contributed by atoms with Crippen LogP contribution in [0.15, 0.2) is 77.0 Å². The Balaban J connectivity index is 1.55. The number of rotatable bonds is 4. The number of benzene rings is 3. The number of halogens is 1. The molecule has 148 valence electrons. The van der Waals surface area contributed by atoms with Crippen molar-refractivity contribution >= 4 is 39.4 Å². The molecule has 3 aromatic carbocycles. The third-order valence-corrected chi connectivity index (χ3v) is 4.84.